The van der Waals surface area contributed by atoms with E-state index in [4.69, 9.17) is 11.6 Å². The number of aromatic nitrogens is 1. The van der Waals surface area contributed by atoms with Crippen molar-refractivity contribution in [1.29, 1.82) is 0 Å². The highest BCUT2D eigenvalue weighted by Crippen LogP contribution is 2.27. The fraction of sp³-hybridized carbons (Fsp3) is 0.556. The summed E-state index contributed by atoms with van der Waals surface area (Å²) in [6.45, 7) is 14.1. The molecule has 3 heterocycles. The molecule has 2 aromatic carbocycles. The first-order valence-electron chi connectivity index (χ1n) is 16.5. The summed E-state index contributed by atoms with van der Waals surface area (Å²) < 4.78 is 0. The number of fused-ring (bicyclic) bond motifs is 1. The van der Waals surface area contributed by atoms with Gasteiger partial charge in [0.2, 0.25) is 11.8 Å². The molecule has 2 N–H and O–H groups in total. The van der Waals surface area contributed by atoms with E-state index in [-0.39, 0.29) is 18.2 Å². The van der Waals surface area contributed by atoms with Crippen LogP contribution in [0.15, 0.2) is 54.7 Å². The largest absolute Gasteiger partial charge is 0.361 e. The van der Waals surface area contributed by atoms with Crippen LogP contribution in [-0.4, -0.2) is 88.4 Å². The molecule has 2 aliphatic heterocycles. The molecule has 2 saturated heterocycles. The summed E-state index contributed by atoms with van der Waals surface area (Å²) in [5.74, 6) is 0.466. The van der Waals surface area contributed by atoms with Crippen LogP contribution in [0.4, 0.5) is 0 Å². The van der Waals surface area contributed by atoms with Crippen LogP contribution in [0, 0.1) is 5.92 Å². The van der Waals surface area contributed by atoms with Crippen LogP contribution >= 0.6 is 11.6 Å². The van der Waals surface area contributed by atoms with Crippen molar-refractivity contribution in [3.05, 3.63) is 70.9 Å². The summed E-state index contributed by atoms with van der Waals surface area (Å²) >= 11 is 6.14. The van der Waals surface area contributed by atoms with Gasteiger partial charge in [0.05, 0.1) is 6.42 Å². The molecule has 1 aromatic heterocycles. The van der Waals surface area contributed by atoms with E-state index in [9.17, 15) is 9.59 Å². The summed E-state index contributed by atoms with van der Waals surface area (Å²) in [5, 5.41) is 4.80. The van der Waals surface area contributed by atoms with E-state index in [1.54, 1.807) is 0 Å². The first-order chi connectivity index (χ1) is 21.2. The number of rotatable bonds is 11. The molecule has 2 aliphatic rings. The Morgan fingerprint density at radius 2 is 1.57 bits per heavy atom. The number of para-hydroxylation sites is 1. The molecular formula is C36H50ClN5O2. The summed E-state index contributed by atoms with van der Waals surface area (Å²) in [6, 6.07) is 16.6. The minimum atomic E-state index is -0.627. The van der Waals surface area contributed by atoms with Gasteiger partial charge in [0.1, 0.15) is 6.04 Å². The lowest BCUT2D eigenvalue weighted by Crippen LogP contribution is -2.56. The Balaban J connectivity index is 1.24. The van der Waals surface area contributed by atoms with Crippen LogP contribution in [0.1, 0.15) is 64.5 Å². The van der Waals surface area contributed by atoms with Gasteiger partial charge in [-0.2, -0.15) is 0 Å². The van der Waals surface area contributed by atoms with Gasteiger partial charge in [-0.15, -0.1) is 0 Å². The van der Waals surface area contributed by atoms with Crippen molar-refractivity contribution in [3.63, 3.8) is 0 Å². The molecule has 2 fully saturated rings. The van der Waals surface area contributed by atoms with Crippen molar-refractivity contribution in [2.24, 2.45) is 5.92 Å². The second-order valence-corrected chi connectivity index (χ2v) is 13.9. The number of aromatic amines is 1. The van der Waals surface area contributed by atoms with Crippen LogP contribution in [-0.2, 0) is 22.4 Å². The van der Waals surface area contributed by atoms with E-state index in [0.717, 1.165) is 54.5 Å². The lowest BCUT2D eigenvalue weighted by molar-refractivity contribution is -0.138. The standard InChI is InChI=1S/C36H50ClN5O2/c1-25(2)24-42(30-13-17-40(18-14-30)26(3)4)31-15-19-41(20-16-31)36(44)34(21-27-9-11-29(37)12-10-27)39-35(43)22-28-23-38-33-8-6-5-7-32(28)33/h5-12,23,25-26,30-31,34,38H,13-22,24H2,1-4H3,(H,39,43)/t34-/m1/s1. The molecule has 0 aliphatic carbocycles. The summed E-state index contributed by atoms with van der Waals surface area (Å²) in [6.07, 6.45) is 6.92. The topological polar surface area (TPSA) is 71.7 Å². The van der Waals surface area contributed by atoms with Crippen molar-refractivity contribution >= 4 is 34.3 Å². The number of hydrogen-bond acceptors (Lipinski definition) is 4. The zero-order chi connectivity index (χ0) is 31.2. The van der Waals surface area contributed by atoms with Gasteiger partial charge in [0.15, 0.2) is 0 Å². The minimum Gasteiger partial charge on any atom is -0.361 e. The number of halogens is 1. The first kappa shape index (κ1) is 32.5. The van der Waals surface area contributed by atoms with Gasteiger partial charge < -0.3 is 20.1 Å². The zero-order valence-corrected chi connectivity index (χ0v) is 27.7. The number of hydrogen-bond donors (Lipinski definition) is 2. The zero-order valence-electron chi connectivity index (χ0n) is 26.9. The van der Waals surface area contributed by atoms with Gasteiger partial charge in [0.25, 0.3) is 0 Å². The summed E-state index contributed by atoms with van der Waals surface area (Å²) in [7, 11) is 0. The average Bonchev–Trinajstić information content (AvgIpc) is 3.42. The maximum absolute atomic E-state index is 14.0. The molecule has 238 valence electrons. The fourth-order valence-electron chi connectivity index (χ4n) is 7.14. The Bertz CT molecular complexity index is 1370. The number of carbonyl (C=O) groups is 2. The van der Waals surface area contributed by atoms with Crippen molar-refractivity contribution in [2.75, 3.05) is 32.7 Å². The van der Waals surface area contributed by atoms with Gasteiger partial charge in [-0.25, -0.2) is 0 Å². The molecule has 8 heteroatoms. The second kappa shape index (κ2) is 14.9. The Labute approximate surface area is 268 Å². The van der Waals surface area contributed by atoms with Gasteiger partial charge in [-0.05, 0) is 87.9 Å². The summed E-state index contributed by atoms with van der Waals surface area (Å²) in [4.78, 5) is 38.0. The normalized spacial score (nSPS) is 18.0. The molecule has 2 amide bonds. The fourth-order valence-corrected chi connectivity index (χ4v) is 7.27. The van der Waals surface area contributed by atoms with E-state index in [1.807, 2.05) is 59.6 Å². The molecule has 0 bridgehead atoms. The third kappa shape index (κ3) is 8.23. The first-order valence-corrected chi connectivity index (χ1v) is 16.9. The molecule has 3 aromatic rings. The Hall–Kier alpha value is -2.87. The number of H-pyrrole nitrogens is 1. The van der Waals surface area contributed by atoms with Gasteiger partial charge >= 0.3 is 0 Å². The van der Waals surface area contributed by atoms with E-state index >= 15 is 0 Å². The SMILES string of the molecule is CC(C)CN(C1CCN(C(=O)[C@@H](Cc2ccc(Cl)cc2)NC(=O)Cc2c[nH]c3ccccc23)CC1)C1CCN(C(C)C)CC1. The molecule has 0 unspecified atom stereocenters. The Morgan fingerprint density at radius 1 is 0.932 bits per heavy atom. The third-order valence-electron chi connectivity index (χ3n) is 9.53. The number of nitrogens with one attached hydrogen (secondary N) is 2. The van der Waals surface area contributed by atoms with Crippen LogP contribution in [0.3, 0.4) is 0 Å². The maximum atomic E-state index is 14.0. The van der Waals surface area contributed by atoms with E-state index < -0.39 is 6.04 Å². The number of carbonyl (C=O) groups excluding carboxylic acids is 2. The van der Waals surface area contributed by atoms with E-state index in [0.29, 0.717) is 35.5 Å². The van der Waals surface area contributed by atoms with Crippen LogP contribution < -0.4 is 5.32 Å². The van der Waals surface area contributed by atoms with Crippen LogP contribution in [0.2, 0.25) is 5.02 Å². The highest BCUT2D eigenvalue weighted by Gasteiger charge is 2.35. The number of amides is 2. The highest BCUT2D eigenvalue weighted by molar-refractivity contribution is 6.30. The van der Waals surface area contributed by atoms with Crippen molar-refractivity contribution in [3.8, 4) is 0 Å². The number of piperidine rings is 2. The smallest absolute Gasteiger partial charge is 0.245 e. The summed E-state index contributed by atoms with van der Waals surface area (Å²) in [5.41, 5.74) is 2.91. The average molecular weight is 620 g/mol. The van der Waals surface area contributed by atoms with Crippen molar-refractivity contribution in [1.82, 2.24) is 25.0 Å². The van der Waals surface area contributed by atoms with Gasteiger partial charge in [-0.1, -0.05) is 55.8 Å². The Morgan fingerprint density at radius 3 is 2.20 bits per heavy atom. The minimum absolute atomic E-state index is 0.00586. The van der Waals surface area contributed by atoms with Crippen LogP contribution in [0.25, 0.3) is 10.9 Å². The number of benzene rings is 2. The van der Waals surface area contributed by atoms with Gasteiger partial charge in [-0.3, -0.25) is 14.5 Å². The lowest BCUT2D eigenvalue weighted by Gasteiger charge is -2.46. The third-order valence-corrected chi connectivity index (χ3v) is 9.78. The number of nitrogens with zero attached hydrogens (tertiary/aromatic N) is 3. The van der Waals surface area contributed by atoms with E-state index in [2.05, 4.69) is 47.8 Å². The van der Waals surface area contributed by atoms with Crippen molar-refractivity contribution in [2.45, 2.75) is 90.4 Å². The molecule has 7 nitrogen and oxygen atoms in total. The predicted molar refractivity (Wildman–Crippen MR) is 180 cm³/mol. The second-order valence-electron chi connectivity index (χ2n) is 13.5. The predicted octanol–water partition coefficient (Wildman–Crippen LogP) is 5.91. The molecule has 0 saturated carbocycles. The maximum Gasteiger partial charge on any atom is 0.245 e. The molecule has 1 atom stereocenters. The van der Waals surface area contributed by atoms with Crippen LogP contribution in [0.5, 0.6) is 0 Å². The number of likely N-dealkylation sites (tertiary alicyclic amines) is 2. The lowest BCUT2D eigenvalue weighted by atomic mass is 9.94. The Kier molecular flexibility index (Phi) is 11.0. The highest BCUT2D eigenvalue weighted by atomic mass is 35.5. The molecular weight excluding hydrogens is 570 g/mol. The van der Waals surface area contributed by atoms with Gasteiger partial charge in [0, 0.05) is 66.3 Å². The quantitative estimate of drug-likeness (QED) is 0.280. The van der Waals surface area contributed by atoms with Crippen molar-refractivity contribution < 1.29 is 9.59 Å². The molecule has 44 heavy (non-hydrogen) atoms. The molecule has 0 spiro atoms. The molecule has 5 rings (SSSR count). The molecule has 0 radical (unpaired) electrons. The monoisotopic (exact) mass is 619 g/mol. The van der Waals surface area contributed by atoms with E-state index in [1.165, 1.54) is 25.9 Å².